The van der Waals surface area contributed by atoms with E-state index in [0.29, 0.717) is 11.3 Å². The lowest BCUT2D eigenvalue weighted by molar-refractivity contribution is -0.142. The van der Waals surface area contributed by atoms with E-state index in [4.69, 9.17) is 9.88 Å². The van der Waals surface area contributed by atoms with Crippen molar-refractivity contribution in [1.82, 2.24) is 9.78 Å². The summed E-state index contributed by atoms with van der Waals surface area (Å²) >= 11 is 0. The quantitative estimate of drug-likeness (QED) is 0.642. The topological polar surface area (TPSA) is 87.2 Å². The van der Waals surface area contributed by atoms with Crippen LogP contribution in [-0.4, -0.2) is 25.3 Å². The Balaban J connectivity index is 2.31. The third-order valence-corrected chi connectivity index (χ3v) is 5.23. The van der Waals surface area contributed by atoms with Crippen LogP contribution in [0.4, 0.5) is 13.2 Å². The SMILES string of the molecule is CC=Cn1nc(-c2ccc(S(N)(=O)=O)cc2)c(-c2ccc(OC)cc2)c1C(F)(F)F. The van der Waals surface area contributed by atoms with Crippen LogP contribution in [0, 0.1) is 0 Å². The number of primary sulfonamides is 1. The van der Waals surface area contributed by atoms with E-state index in [1.54, 1.807) is 19.1 Å². The highest BCUT2D eigenvalue weighted by molar-refractivity contribution is 7.89. The van der Waals surface area contributed by atoms with E-state index < -0.39 is 21.9 Å². The molecule has 0 saturated carbocycles. The molecule has 0 radical (unpaired) electrons. The minimum Gasteiger partial charge on any atom is -0.497 e. The highest BCUT2D eigenvalue weighted by Gasteiger charge is 2.40. The van der Waals surface area contributed by atoms with E-state index in [2.05, 4.69) is 5.10 Å². The van der Waals surface area contributed by atoms with Crippen molar-refractivity contribution in [2.45, 2.75) is 18.0 Å². The summed E-state index contributed by atoms with van der Waals surface area (Å²) in [6.07, 6.45) is -2.05. The number of alkyl halides is 3. The number of sulfonamides is 1. The summed E-state index contributed by atoms with van der Waals surface area (Å²) in [5.41, 5.74) is -0.444. The van der Waals surface area contributed by atoms with Crippen molar-refractivity contribution in [3.63, 3.8) is 0 Å². The molecular formula is C20H18F3N3O3S. The molecule has 0 bridgehead atoms. The number of benzene rings is 2. The number of nitrogens with zero attached hydrogens (tertiary/aromatic N) is 2. The molecule has 0 saturated heterocycles. The lowest BCUT2D eigenvalue weighted by Gasteiger charge is -2.12. The summed E-state index contributed by atoms with van der Waals surface area (Å²) in [5.74, 6) is 0.493. The third kappa shape index (κ3) is 4.24. The van der Waals surface area contributed by atoms with Gasteiger partial charge in [-0.15, -0.1) is 0 Å². The van der Waals surface area contributed by atoms with Gasteiger partial charge in [0.2, 0.25) is 10.0 Å². The van der Waals surface area contributed by atoms with Crippen molar-refractivity contribution in [2.24, 2.45) is 5.14 Å². The Morgan fingerprint density at radius 3 is 2.07 bits per heavy atom. The number of hydrogen-bond donors (Lipinski definition) is 1. The van der Waals surface area contributed by atoms with Crippen LogP contribution < -0.4 is 9.88 Å². The van der Waals surface area contributed by atoms with E-state index in [9.17, 15) is 21.6 Å². The molecule has 0 aliphatic heterocycles. The molecule has 0 atom stereocenters. The second kappa shape index (κ2) is 7.96. The van der Waals surface area contributed by atoms with Gasteiger partial charge < -0.3 is 4.74 Å². The first kappa shape index (κ1) is 21.6. The maximum absolute atomic E-state index is 14.0. The zero-order valence-corrected chi connectivity index (χ0v) is 16.8. The van der Waals surface area contributed by atoms with Gasteiger partial charge in [-0.1, -0.05) is 30.3 Å². The molecule has 1 aromatic heterocycles. The Kier molecular flexibility index (Phi) is 5.73. The molecule has 0 aliphatic rings. The Bertz CT molecular complexity index is 1180. The normalized spacial score (nSPS) is 12.5. The molecule has 2 N–H and O–H groups in total. The standard InChI is InChI=1S/C20H18F3N3O3S/c1-3-12-26-19(20(21,22)23)17(13-4-8-15(29-2)9-5-13)18(25-26)14-6-10-16(11-7-14)30(24,27)28/h3-12H,1-2H3,(H2,24,27,28). The maximum atomic E-state index is 14.0. The molecular weight excluding hydrogens is 419 g/mol. The minimum atomic E-state index is -4.69. The molecule has 158 valence electrons. The van der Waals surface area contributed by atoms with Gasteiger partial charge in [0.05, 0.1) is 12.0 Å². The molecule has 1 heterocycles. The van der Waals surface area contributed by atoms with Gasteiger partial charge in [0.1, 0.15) is 11.4 Å². The van der Waals surface area contributed by atoms with Crippen LogP contribution in [0.5, 0.6) is 5.75 Å². The van der Waals surface area contributed by atoms with Crippen molar-refractivity contribution >= 4 is 16.2 Å². The molecule has 0 amide bonds. The summed E-state index contributed by atoms with van der Waals surface area (Å²) in [4.78, 5) is -0.152. The van der Waals surface area contributed by atoms with Crippen molar-refractivity contribution in [1.29, 1.82) is 0 Å². The average molecular weight is 437 g/mol. The molecule has 0 aliphatic carbocycles. The fraction of sp³-hybridized carbons (Fsp3) is 0.150. The van der Waals surface area contributed by atoms with Crippen LogP contribution in [0.25, 0.3) is 28.6 Å². The van der Waals surface area contributed by atoms with Crippen LogP contribution in [0.15, 0.2) is 59.5 Å². The van der Waals surface area contributed by atoms with E-state index >= 15 is 0 Å². The van der Waals surface area contributed by atoms with Crippen LogP contribution in [-0.2, 0) is 16.2 Å². The lowest BCUT2D eigenvalue weighted by atomic mass is 9.98. The third-order valence-electron chi connectivity index (χ3n) is 4.30. The van der Waals surface area contributed by atoms with E-state index in [0.717, 1.165) is 4.68 Å². The number of halogens is 3. The largest absolute Gasteiger partial charge is 0.497 e. The van der Waals surface area contributed by atoms with Crippen molar-refractivity contribution in [3.8, 4) is 28.1 Å². The van der Waals surface area contributed by atoms with Crippen molar-refractivity contribution < 1.29 is 26.3 Å². The number of nitrogens with two attached hydrogens (primary N) is 1. The van der Waals surface area contributed by atoms with Crippen LogP contribution in [0.3, 0.4) is 0 Å². The Labute approximate surface area is 171 Å². The van der Waals surface area contributed by atoms with Gasteiger partial charge in [0.25, 0.3) is 0 Å². The average Bonchev–Trinajstić information content (AvgIpc) is 3.07. The van der Waals surface area contributed by atoms with Crippen LogP contribution in [0.2, 0.25) is 0 Å². The fourth-order valence-corrected chi connectivity index (χ4v) is 3.51. The Hall–Kier alpha value is -3.11. The molecule has 0 unspecified atom stereocenters. The van der Waals surface area contributed by atoms with E-state index in [1.807, 2.05) is 0 Å². The number of methoxy groups -OCH3 is 1. The van der Waals surface area contributed by atoms with Crippen molar-refractivity contribution in [3.05, 3.63) is 60.3 Å². The lowest BCUT2D eigenvalue weighted by Crippen LogP contribution is -2.12. The Morgan fingerprint density at radius 1 is 1.03 bits per heavy atom. The van der Waals surface area contributed by atoms with Gasteiger partial charge in [-0.25, -0.2) is 18.2 Å². The van der Waals surface area contributed by atoms with E-state index in [1.165, 1.54) is 55.8 Å². The second-order valence-electron chi connectivity index (χ2n) is 6.29. The zero-order valence-electron chi connectivity index (χ0n) is 16.0. The summed E-state index contributed by atoms with van der Waals surface area (Å²) in [6.45, 7) is 1.58. The van der Waals surface area contributed by atoms with E-state index in [-0.39, 0.29) is 21.7 Å². The van der Waals surface area contributed by atoms with Gasteiger partial charge in [-0.05, 0) is 36.8 Å². The number of rotatable bonds is 5. The highest BCUT2D eigenvalue weighted by atomic mass is 32.2. The molecule has 3 aromatic rings. The predicted octanol–water partition coefficient (Wildman–Crippen LogP) is 4.38. The molecule has 6 nitrogen and oxygen atoms in total. The van der Waals surface area contributed by atoms with Crippen LogP contribution >= 0.6 is 0 Å². The summed E-state index contributed by atoms with van der Waals surface area (Å²) in [5, 5.41) is 9.25. The first-order valence-electron chi connectivity index (χ1n) is 8.66. The maximum Gasteiger partial charge on any atom is 0.434 e. The number of allylic oxidation sites excluding steroid dienone is 1. The van der Waals surface area contributed by atoms with Gasteiger partial charge in [-0.3, -0.25) is 0 Å². The fourth-order valence-electron chi connectivity index (χ4n) is 2.99. The minimum absolute atomic E-state index is 0.0477. The van der Waals surface area contributed by atoms with Gasteiger partial charge >= 0.3 is 6.18 Å². The summed E-state index contributed by atoms with van der Waals surface area (Å²) < 4.78 is 70.8. The zero-order chi connectivity index (χ0) is 22.1. The predicted molar refractivity (Wildman–Crippen MR) is 107 cm³/mol. The first-order chi connectivity index (χ1) is 14.1. The number of aromatic nitrogens is 2. The number of ether oxygens (including phenoxy) is 1. The van der Waals surface area contributed by atoms with Gasteiger partial charge in [-0.2, -0.15) is 18.3 Å². The summed E-state index contributed by atoms with van der Waals surface area (Å²) in [6, 6.07) is 11.3. The highest BCUT2D eigenvalue weighted by Crippen LogP contribution is 2.43. The molecule has 10 heteroatoms. The van der Waals surface area contributed by atoms with Crippen molar-refractivity contribution in [2.75, 3.05) is 7.11 Å². The monoisotopic (exact) mass is 437 g/mol. The second-order valence-corrected chi connectivity index (χ2v) is 7.86. The first-order valence-corrected chi connectivity index (χ1v) is 10.2. The summed E-state index contributed by atoms with van der Waals surface area (Å²) in [7, 11) is -2.48. The van der Waals surface area contributed by atoms with Crippen LogP contribution in [0.1, 0.15) is 12.6 Å². The molecule has 2 aromatic carbocycles. The smallest absolute Gasteiger partial charge is 0.434 e. The van der Waals surface area contributed by atoms with Gasteiger partial charge in [0, 0.05) is 17.3 Å². The number of hydrogen-bond acceptors (Lipinski definition) is 4. The van der Waals surface area contributed by atoms with Gasteiger partial charge in [0.15, 0.2) is 5.69 Å². The Morgan fingerprint density at radius 2 is 1.60 bits per heavy atom. The molecule has 30 heavy (non-hydrogen) atoms. The molecule has 3 rings (SSSR count). The molecule has 0 spiro atoms. The molecule has 0 fully saturated rings.